The predicted octanol–water partition coefficient (Wildman–Crippen LogP) is 3.13. The topological polar surface area (TPSA) is 65.2 Å². The smallest absolute Gasteiger partial charge is 0.350 e. The van der Waals surface area contributed by atoms with E-state index in [1.807, 2.05) is 19.1 Å². The summed E-state index contributed by atoms with van der Waals surface area (Å²) in [6.45, 7) is 2.02. The number of nitrogens with two attached hydrogens (primary N) is 1. The number of benzene rings is 1. The molecular weight excluding hydrogens is 260 g/mol. The van der Waals surface area contributed by atoms with Crippen molar-refractivity contribution in [2.45, 2.75) is 6.92 Å². The van der Waals surface area contributed by atoms with Gasteiger partial charge in [0.05, 0.1) is 18.3 Å². The number of nitrogen functional groups attached to an aromatic ring is 1. The van der Waals surface area contributed by atoms with Crippen molar-refractivity contribution in [3.63, 3.8) is 0 Å². The summed E-state index contributed by atoms with van der Waals surface area (Å²) in [4.78, 5) is 16.5. The zero-order chi connectivity index (χ0) is 13.6. The van der Waals surface area contributed by atoms with Gasteiger partial charge in [0.1, 0.15) is 4.88 Å². The number of rotatable bonds is 1. The fourth-order valence-corrected chi connectivity index (χ4v) is 3.24. The molecule has 5 heteroatoms. The number of anilines is 1. The van der Waals surface area contributed by atoms with Crippen LogP contribution < -0.4 is 5.73 Å². The van der Waals surface area contributed by atoms with Crippen LogP contribution in [-0.2, 0) is 4.74 Å². The van der Waals surface area contributed by atoms with Crippen LogP contribution in [0.25, 0.3) is 21.0 Å². The summed E-state index contributed by atoms with van der Waals surface area (Å²) in [5.41, 5.74) is 8.51. The number of aryl methyl sites for hydroxylation is 1. The maximum atomic E-state index is 11.7. The average Bonchev–Trinajstić information content (AvgIpc) is 2.76. The highest BCUT2D eigenvalue weighted by atomic mass is 32.1. The number of ether oxygens (including phenoxy) is 1. The maximum absolute atomic E-state index is 11.7. The minimum atomic E-state index is -0.403. The van der Waals surface area contributed by atoms with Crippen LogP contribution in [-0.4, -0.2) is 18.1 Å². The largest absolute Gasteiger partial charge is 0.465 e. The van der Waals surface area contributed by atoms with Crippen LogP contribution >= 0.6 is 11.3 Å². The summed E-state index contributed by atoms with van der Waals surface area (Å²) >= 11 is 1.36. The van der Waals surface area contributed by atoms with E-state index in [4.69, 9.17) is 10.5 Å². The Morgan fingerprint density at radius 2 is 2.16 bits per heavy atom. The van der Waals surface area contributed by atoms with Crippen molar-refractivity contribution in [2.75, 3.05) is 12.8 Å². The average molecular weight is 272 g/mol. The molecule has 0 aliphatic carbocycles. The number of hydrogen-bond acceptors (Lipinski definition) is 5. The van der Waals surface area contributed by atoms with Crippen LogP contribution in [0, 0.1) is 6.92 Å². The number of fused-ring (bicyclic) bond motifs is 3. The third-order valence-electron chi connectivity index (χ3n) is 3.08. The van der Waals surface area contributed by atoms with Gasteiger partial charge in [0, 0.05) is 21.7 Å². The molecule has 96 valence electrons. The molecule has 2 aromatic heterocycles. The second-order valence-corrected chi connectivity index (χ2v) is 5.38. The molecule has 0 saturated heterocycles. The molecule has 0 aliphatic heterocycles. The Morgan fingerprint density at radius 1 is 1.37 bits per heavy atom. The number of carbonyl (C=O) groups excluding carboxylic acids is 1. The molecule has 3 rings (SSSR count). The fraction of sp³-hybridized carbons (Fsp3) is 0.143. The molecule has 1 aromatic carbocycles. The van der Waals surface area contributed by atoms with Gasteiger partial charge in [0.25, 0.3) is 0 Å². The first kappa shape index (κ1) is 11.9. The summed E-state index contributed by atoms with van der Waals surface area (Å²) in [5.74, 6) is -0.403. The van der Waals surface area contributed by atoms with E-state index in [0.717, 1.165) is 26.6 Å². The Kier molecular flexibility index (Phi) is 2.64. The Hall–Kier alpha value is -2.14. The predicted molar refractivity (Wildman–Crippen MR) is 77.6 cm³/mol. The van der Waals surface area contributed by atoms with Gasteiger partial charge in [0.2, 0.25) is 0 Å². The minimum Gasteiger partial charge on any atom is -0.465 e. The molecule has 2 N–H and O–H groups in total. The van der Waals surface area contributed by atoms with Gasteiger partial charge in [-0.2, -0.15) is 0 Å². The number of nitrogens with zero attached hydrogens (tertiary/aromatic N) is 1. The third kappa shape index (κ3) is 1.74. The zero-order valence-electron chi connectivity index (χ0n) is 10.6. The first-order valence-corrected chi connectivity index (χ1v) is 6.59. The van der Waals surface area contributed by atoms with E-state index < -0.39 is 5.97 Å². The van der Waals surface area contributed by atoms with Gasteiger partial charge in [-0.25, -0.2) is 4.79 Å². The van der Waals surface area contributed by atoms with Crippen LogP contribution in [0.1, 0.15) is 15.2 Å². The van der Waals surface area contributed by atoms with Crippen molar-refractivity contribution in [1.29, 1.82) is 0 Å². The first-order valence-electron chi connectivity index (χ1n) is 5.77. The first-order chi connectivity index (χ1) is 9.11. The monoisotopic (exact) mass is 272 g/mol. The lowest BCUT2D eigenvalue weighted by molar-refractivity contribution is 0.0607. The molecule has 2 heterocycles. The molecule has 0 unspecified atom stereocenters. The molecule has 0 amide bonds. The Morgan fingerprint density at radius 3 is 2.89 bits per heavy atom. The van der Waals surface area contributed by atoms with Gasteiger partial charge in [-0.3, -0.25) is 4.98 Å². The highest BCUT2D eigenvalue weighted by Gasteiger charge is 2.18. The number of pyridine rings is 1. The van der Waals surface area contributed by atoms with Crippen LogP contribution in [0.5, 0.6) is 0 Å². The quantitative estimate of drug-likeness (QED) is 0.691. The minimum absolute atomic E-state index is 0.403. The van der Waals surface area contributed by atoms with Crippen molar-refractivity contribution in [2.24, 2.45) is 0 Å². The van der Waals surface area contributed by atoms with Gasteiger partial charge < -0.3 is 10.5 Å². The lowest BCUT2D eigenvalue weighted by Crippen LogP contribution is -2.01. The second kappa shape index (κ2) is 4.20. The van der Waals surface area contributed by atoms with Crippen LogP contribution in [0.2, 0.25) is 0 Å². The molecule has 19 heavy (non-hydrogen) atoms. The van der Waals surface area contributed by atoms with E-state index in [9.17, 15) is 4.79 Å². The number of aromatic nitrogens is 1. The van der Waals surface area contributed by atoms with Gasteiger partial charge in [-0.05, 0) is 19.1 Å². The number of thiophene rings is 1. The number of esters is 1. The Bertz CT molecular complexity index is 808. The van der Waals surface area contributed by atoms with Crippen molar-refractivity contribution in [3.05, 3.63) is 34.8 Å². The SMILES string of the molecule is COC(=O)c1sc2c(cnc3ccc(C)cc32)c1N. The van der Waals surface area contributed by atoms with Gasteiger partial charge in [-0.15, -0.1) is 11.3 Å². The van der Waals surface area contributed by atoms with Gasteiger partial charge in [0.15, 0.2) is 0 Å². The van der Waals surface area contributed by atoms with Crippen LogP contribution in [0.3, 0.4) is 0 Å². The van der Waals surface area contributed by atoms with Crippen molar-refractivity contribution < 1.29 is 9.53 Å². The van der Waals surface area contributed by atoms with Gasteiger partial charge >= 0.3 is 5.97 Å². The summed E-state index contributed by atoms with van der Waals surface area (Å²) in [5, 5.41) is 1.83. The van der Waals surface area contributed by atoms with E-state index in [1.54, 1.807) is 6.20 Å². The molecule has 0 saturated carbocycles. The van der Waals surface area contributed by atoms with Crippen LogP contribution in [0.15, 0.2) is 24.4 Å². The Balaban J connectivity index is 2.42. The molecule has 0 radical (unpaired) electrons. The van der Waals surface area contributed by atoms with E-state index >= 15 is 0 Å². The Labute approximate surface area is 113 Å². The van der Waals surface area contributed by atoms with Crippen molar-refractivity contribution in [1.82, 2.24) is 4.98 Å². The molecule has 0 fully saturated rings. The molecule has 3 aromatic rings. The number of carbonyl (C=O) groups is 1. The molecular formula is C14H12N2O2S. The second-order valence-electron chi connectivity index (χ2n) is 4.36. The highest BCUT2D eigenvalue weighted by Crippen LogP contribution is 2.37. The maximum Gasteiger partial charge on any atom is 0.350 e. The molecule has 0 atom stereocenters. The summed E-state index contributed by atoms with van der Waals surface area (Å²) < 4.78 is 5.73. The number of hydrogen-bond donors (Lipinski definition) is 1. The zero-order valence-corrected chi connectivity index (χ0v) is 11.4. The molecule has 4 nitrogen and oxygen atoms in total. The van der Waals surface area contributed by atoms with Crippen molar-refractivity contribution in [3.8, 4) is 0 Å². The van der Waals surface area contributed by atoms with E-state index in [0.29, 0.717) is 10.6 Å². The normalized spacial score (nSPS) is 11.1. The van der Waals surface area contributed by atoms with Crippen LogP contribution in [0.4, 0.5) is 5.69 Å². The summed E-state index contributed by atoms with van der Waals surface area (Å²) in [7, 11) is 1.35. The summed E-state index contributed by atoms with van der Waals surface area (Å²) in [6, 6.07) is 6.04. The molecule has 0 spiro atoms. The van der Waals surface area contributed by atoms with Crippen molar-refractivity contribution >= 4 is 44.0 Å². The molecule has 0 aliphatic rings. The van der Waals surface area contributed by atoms with E-state index in [2.05, 4.69) is 11.1 Å². The fourth-order valence-electron chi connectivity index (χ4n) is 2.11. The number of methoxy groups -OCH3 is 1. The third-order valence-corrected chi connectivity index (χ3v) is 4.32. The highest BCUT2D eigenvalue weighted by molar-refractivity contribution is 7.22. The molecule has 0 bridgehead atoms. The van der Waals surface area contributed by atoms with E-state index in [-0.39, 0.29) is 0 Å². The standard InChI is InChI=1S/C14H12N2O2S/c1-7-3-4-10-8(5-7)12-9(6-16-10)11(15)13(19-12)14(17)18-2/h3-6H,15H2,1-2H3. The summed E-state index contributed by atoms with van der Waals surface area (Å²) in [6.07, 6.45) is 1.71. The van der Waals surface area contributed by atoms with Gasteiger partial charge in [-0.1, -0.05) is 11.6 Å². The van der Waals surface area contributed by atoms with E-state index in [1.165, 1.54) is 18.4 Å². The lowest BCUT2D eigenvalue weighted by atomic mass is 10.1. The lowest BCUT2D eigenvalue weighted by Gasteiger charge is -2.00.